The number of unbranched alkanes of at least 4 members (excludes halogenated alkanes) is 2. The summed E-state index contributed by atoms with van der Waals surface area (Å²) in [6.07, 6.45) is 13.8. The van der Waals surface area contributed by atoms with Gasteiger partial charge < -0.3 is 15.1 Å². The van der Waals surface area contributed by atoms with E-state index in [0.717, 1.165) is 18.4 Å². The first-order chi connectivity index (χ1) is 14.2. The van der Waals surface area contributed by atoms with Crippen molar-refractivity contribution in [2.45, 2.75) is 70.5 Å². The molecule has 0 heterocycles. The summed E-state index contributed by atoms with van der Waals surface area (Å²) in [4.78, 5) is 2.26. The van der Waals surface area contributed by atoms with Crippen molar-refractivity contribution in [1.29, 1.82) is 0 Å². The molecular weight excluding hydrogens is 370 g/mol. The third-order valence-corrected chi connectivity index (χ3v) is 6.88. The van der Waals surface area contributed by atoms with Crippen molar-refractivity contribution in [1.82, 2.24) is 4.90 Å². The lowest BCUT2D eigenvalue weighted by Crippen LogP contribution is -2.26. The zero-order valence-electron chi connectivity index (χ0n) is 19.3. The maximum absolute atomic E-state index is 10.9. The van der Waals surface area contributed by atoms with Crippen LogP contribution < -0.4 is 0 Å². The van der Waals surface area contributed by atoms with Crippen molar-refractivity contribution in [2.75, 3.05) is 20.6 Å². The lowest BCUT2D eigenvalue weighted by atomic mass is 9.86. The molecule has 2 aliphatic rings. The van der Waals surface area contributed by atoms with Gasteiger partial charge in [-0.2, -0.15) is 0 Å². The minimum absolute atomic E-state index is 0.154. The quantitative estimate of drug-likeness (QED) is 0.425. The fourth-order valence-electron chi connectivity index (χ4n) is 5.36. The van der Waals surface area contributed by atoms with Crippen LogP contribution in [0.25, 0.3) is 0 Å². The molecule has 30 heavy (non-hydrogen) atoms. The van der Waals surface area contributed by atoms with Crippen molar-refractivity contribution in [3.63, 3.8) is 0 Å². The van der Waals surface area contributed by atoms with E-state index >= 15 is 0 Å². The Kier molecular flexibility index (Phi) is 7.95. The van der Waals surface area contributed by atoms with Gasteiger partial charge in [0.05, 0.1) is 11.7 Å². The SMILES string of the molecule is Cc1cccc(C[C@@](C)(O)/C=C/[C@@H]2[C@H]3CC(CCCCCN(C)C)=C[C@H]3C[C@H]2O)c1. The van der Waals surface area contributed by atoms with Crippen LogP contribution in [0.4, 0.5) is 0 Å². The van der Waals surface area contributed by atoms with E-state index in [9.17, 15) is 10.2 Å². The lowest BCUT2D eigenvalue weighted by molar-refractivity contribution is 0.108. The van der Waals surface area contributed by atoms with Gasteiger partial charge >= 0.3 is 0 Å². The number of rotatable bonds is 10. The van der Waals surface area contributed by atoms with Gasteiger partial charge in [-0.15, -0.1) is 0 Å². The summed E-state index contributed by atoms with van der Waals surface area (Å²) in [5.41, 5.74) is 3.06. The molecular formula is C27H41NO2. The first-order valence-electron chi connectivity index (χ1n) is 11.7. The molecule has 0 amide bonds. The van der Waals surface area contributed by atoms with Gasteiger partial charge in [0.25, 0.3) is 0 Å². The molecule has 1 aromatic carbocycles. The van der Waals surface area contributed by atoms with E-state index in [4.69, 9.17) is 0 Å². The van der Waals surface area contributed by atoms with E-state index in [0.29, 0.717) is 18.3 Å². The molecule has 0 radical (unpaired) electrons. The van der Waals surface area contributed by atoms with Crippen molar-refractivity contribution in [3.05, 3.63) is 59.2 Å². The standard InChI is InChI=1S/C27H41NO2/c1-20-9-8-11-22(15-20)19-27(2,30)13-12-24-25-17-21(16-23(25)18-26(24)29)10-6-5-7-14-28(3)4/h8-9,11-13,15-16,23-26,29-30H,5-7,10,14,17-19H2,1-4H3/b13-12+/t23-,24+,25-,26+,27-/m0/s1. The van der Waals surface area contributed by atoms with Crippen LogP contribution in [0.1, 0.15) is 56.6 Å². The molecule has 1 fully saturated rings. The molecule has 2 N–H and O–H groups in total. The average molecular weight is 412 g/mol. The van der Waals surface area contributed by atoms with Gasteiger partial charge in [0.2, 0.25) is 0 Å². The topological polar surface area (TPSA) is 43.7 Å². The highest BCUT2D eigenvalue weighted by Gasteiger charge is 2.43. The molecule has 166 valence electrons. The maximum Gasteiger partial charge on any atom is 0.0839 e. The second-order valence-corrected chi connectivity index (χ2v) is 10.2. The first kappa shape index (κ1) is 23.2. The lowest BCUT2D eigenvalue weighted by Gasteiger charge is -2.23. The van der Waals surface area contributed by atoms with E-state index in [-0.39, 0.29) is 12.0 Å². The molecule has 0 unspecified atom stereocenters. The van der Waals surface area contributed by atoms with Gasteiger partial charge in [0, 0.05) is 12.3 Å². The van der Waals surface area contributed by atoms with Crippen LogP contribution in [0.3, 0.4) is 0 Å². The molecule has 3 rings (SSSR count). The number of nitrogens with zero attached hydrogens (tertiary/aromatic N) is 1. The zero-order chi connectivity index (χ0) is 21.7. The molecule has 0 spiro atoms. The van der Waals surface area contributed by atoms with Crippen LogP contribution in [0, 0.1) is 24.7 Å². The van der Waals surface area contributed by atoms with Crippen LogP contribution >= 0.6 is 0 Å². The Morgan fingerprint density at radius 3 is 2.73 bits per heavy atom. The number of hydrogen-bond donors (Lipinski definition) is 2. The fourth-order valence-corrected chi connectivity index (χ4v) is 5.36. The van der Waals surface area contributed by atoms with Gasteiger partial charge in [-0.05, 0) is 84.0 Å². The monoisotopic (exact) mass is 411 g/mol. The fraction of sp³-hybridized carbons (Fsp3) is 0.630. The highest BCUT2D eigenvalue weighted by atomic mass is 16.3. The zero-order valence-corrected chi connectivity index (χ0v) is 19.3. The number of allylic oxidation sites excluding steroid dienone is 2. The number of aryl methyl sites for hydroxylation is 1. The molecule has 1 aromatic rings. The van der Waals surface area contributed by atoms with Crippen LogP contribution in [-0.2, 0) is 6.42 Å². The molecule has 1 saturated carbocycles. The molecule has 2 aliphatic carbocycles. The Morgan fingerprint density at radius 1 is 1.20 bits per heavy atom. The average Bonchev–Trinajstić information content (AvgIpc) is 3.15. The summed E-state index contributed by atoms with van der Waals surface area (Å²) in [6.45, 7) is 5.12. The summed E-state index contributed by atoms with van der Waals surface area (Å²) >= 11 is 0. The minimum atomic E-state index is -0.896. The normalized spacial score (nSPS) is 28.2. The molecule has 3 nitrogen and oxygen atoms in total. The highest BCUT2D eigenvalue weighted by molar-refractivity contribution is 5.26. The number of hydrogen-bond acceptors (Lipinski definition) is 3. The second-order valence-electron chi connectivity index (χ2n) is 10.2. The van der Waals surface area contributed by atoms with E-state index < -0.39 is 5.60 Å². The summed E-state index contributed by atoms with van der Waals surface area (Å²) in [5.74, 6) is 1.16. The predicted molar refractivity (Wildman–Crippen MR) is 125 cm³/mol. The molecule has 0 saturated heterocycles. The Morgan fingerprint density at radius 2 is 2.00 bits per heavy atom. The third-order valence-electron chi connectivity index (χ3n) is 6.88. The largest absolute Gasteiger partial charge is 0.392 e. The Bertz CT molecular complexity index is 749. The van der Waals surface area contributed by atoms with Gasteiger partial charge in [-0.25, -0.2) is 0 Å². The molecule has 5 atom stereocenters. The second kappa shape index (κ2) is 10.3. The Hall–Kier alpha value is -1.42. The van der Waals surface area contributed by atoms with Gasteiger partial charge in [0.1, 0.15) is 0 Å². The van der Waals surface area contributed by atoms with Gasteiger partial charge in [-0.3, -0.25) is 0 Å². The van der Waals surface area contributed by atoms with Crippen LogP contribution in [0.5, 0.6) is 0 Å². The summed E-state index contributed by atoms with van der Waals surface area (Å²) in [7, 11) is 4.27. The van der Waals surface area contributed by atoms with E-state index in [1.165, 1.54) is 37.8 Å². The molecule has 0 aliphatic heterocycles. The van der Waals surface area contributed by atoms with Crippen LogP contribution in [0.15, 0.2) is 48.1 Å². The van der Waals surface area contributed by atoms with Crippen LogP contribution in [0.2, 0.25) is 0 Å². The van der Waals surface area contributed by atoms with Crippen LogP contribution in [-0.4, -0.2) is 47.5 Å². The summed E-state index contributed by atoms with van der Waals surface area (Å²) in [6, 6.07) is 8.33. The maximum atomic E-state index is 10.9. The number of aliphatic hydroxyl groups excluding tert-OH is 1. The first-order valence-corrected chi connectivity index (χ1v) is 11.7. The minimum Gasteiger partial charge on any atom is -0.392 e. The Balaban J connectivity index is 1.52. The summed E-state index contributed by atoms with van der Waals surface area (Å²) < 4.78 is 0. The molecule has 0 bridgehead atoms. The van der Waals surface area contributed by atoms with Crippen molar-refractivity contribution >= 4 is 0 Å². The number of fused-ring (bicyclic) bond motifs is 1. The molecule has 0 aromatic heterocycles. The van der Waals surface area contributed by atoms with Gasteiger partial charge in [-0.1, -0.05) is 60.1 Å². The smallest absolute Gasteiger partial charge is 0.0839 e. The Labute approximate surface area is 183 Å². The predicted octanol–water partition coefficient (Wildman–Crippen LogP) is 4.91. The van der Waals surface area contributed by atoms with Crippen molar-refractivity contribution in [2.24, 2.45) is 17.8 Å². The molecule has 3 heteroatoms. The third kappa shape index (κ3) is 6.54. The summed E-state index contributed by atoms with van der Waals surface area (Å²) in [5, 5.41) is 21.6. The van der Waals surface area contributed by atoms with Crippen molar-refractivity contribution in [3.8, 4) is 0 Å². The number of benzene rings is 1. The van der Waals surface area contributed by atoms with Gasteiger partial charge in [0.15, 0.2) is 0 Å². The van der Waals surface area contributed by atoms with Crippen molar-refractivity contribution < 1.29 is 10.2 Å². The number of aliphatic hydroxyl groups is 2. The highest BCUT2D eigenvalue weighted by Crippen LogP contribution is 2.48. The van der Waals surface area contributed by atoms with E-state index in [1.54, 1.807) is 5.57 Å². The van der Waals surface area contributed by atoms with E-state index in [1.807, 2.05) is 19.1 Å². The van der Waals surface area contributed by atoms with E-state index in [2.05, 4.69) is 56.3 Å².